The Kier molecular flexibility index (Phi) is 5.78. The van der Waals surface area contributed by atoms with Gasteiger partial charge in [-0.1, -0.05) is 66.7 Å². The predicted octanol–water partition coefficient (Wildman–Crippen LogP) is 4.42. The molecule has 0 fully saturated rings. The van der Waals surface area contributed by atoms with Gasteiger partial charge < -0.3 is 4.84 Å². The fraction of sp³-hybridized carbons (Fsp3) is 0.0909. The predicted molar refractivity (Wildman–Crippen MR) is 101 cm³/mol. The third kappa shape index (κ3) is 4.57. The standard InChI is InChI=1S/C22H19NO3/c24-21(17-16-18-10-4-1-5-11-18)26-23(20-14-8-3-9-15-20)22(25)19-12-6-2-7-13-19/h1-15H,16-17H2. The minimum atomic E-state index is -0.456. The zero-order chi connectivity index (χ0) is 18.2. The van der Waals surface area contributed by atoms with Crippen LogP contribution in [-0.2, 0) is 16.1 Å². The van der Waals surface area contributed by atoms with E-state index in [0.717, 1.165) is 10.6 Å². The Balaban J connectivity index is 1.73. The number of para-hydroxylation sites is 1. The first-order valence-electron chi connectivity index (χ1n) is 8.43. The molecule has 0 heterocycles. The molecule has 1 amide bonds. The Morgan fingerprint density at radius 3 is 1.88 bits per heavy atom. The Hall–Kier alpha value is -3.40. The Labute approximate surface area is 152 Å². The van der Waals surface area contributed by atoms with E-state index in [0.29, 0.717) is 17.7 Å². The number of hydroxylamine groups is 1. The third-order valence-electron chi connectivity index (χ3n) is 3.85. The van der Waals surface area contributed by atoms with E-state index in [1.54, 1.807) is 48.5 Å². The monoisotopic (exact) mass is 345 g/mol. The molecule has 3 aromatic carbocycles. The summed E-state index contributed by atoms with van der Waals surface area (Å²) in [5, 5.41) is 1.06. The van der Waals surface area contributed by atoms with E-state index >= 15 is 0 Å². The first-order chi connectivity index (χ1) is 12.7. The molecule has 0 spiro atoms. The first kappa shape index (κ1) is 17.4. The number of benzene rings is 3. The molecule has 3 rings (SSSR count). The number of rotatable bonds is 5. The van der Waals surface area contributed by atoms with Crippen molar-refractivity contribution in [2.45, 2.75) is 12.8 Å². The van der Waals surface area contributed by atoms with E-state index in [-0.39, 0.29) is 12.3 Å². The van der Waals surface area contributed by atoms with Gasteiger partial charge in [0.1, 0.15) is 0 Å². The molecule has 130 valence electrons. The van der Waals surface area contributed by atoms with Gasteiger partial charge in [0.25, 0.3) is 5.91 Å². The van der Waals surface area contributed by atoms with Gasteiger partial charge in [-0.05, 0) is 36.2 Å². The number of hydrogen-bond donors (Lipinski definition) is 0. The molecule has 0 unspecified atom stereocenters. The summed E-state index contributed by atoms with van der Waals surface area (Å²) in [7, 11) is 0. The van der Waals surface area contributed by atoms with Crippen LogP contribution in [0.1, 0.15) is 22.3 Å². The van der Waals surface area contributed by atoms with Crippen molar-refractivity contribution in [2.24, 2.45) is 0 Å². The highest BCUT2D eigenvalue weighted by Gasteiger charge is 2.22. The lowest BCUT2D eigenvalue weighted by atomic mass is 10.1. The number of anilines is 1. The average molecular weight is 345 g/mol. The normalized spacial score (nSPS) is 10.2. The summed E-state index contributed by atoms with van der Waals surface area (Å²) in [5.74, 6) is -0.841. The maximum atomic E-state index is 12.8. The van der Waals surface area contributed by atoms with Crippen molar-refractivity contribution in [3.05, 3.63) is 102 Å². The van der Waals surface area contributed by atoms with Crippen molar-refractivity contribution in [3.63, 3.8) is 0 Å². The van der Waals surface area contributed by atoms with Crippen LogP contribution in [0.25, 0.3) is 0 Å². The lowest BCUT2D eigenvalue weighted by Crippen LogP contribution is -2.33. The maximum absolute atomic E-state index is 12.8. The number of carbonyl (C=O) groups is 2. The van der Waals surface area contributed by atoms with Crippen LogP contribution in [-0.4, -0.2) is 11.9 Å². The number of nitrogens with zero attached hydrogens (tertiary/aromatic N) is 1. The van der Waals surface area contributed by atoms with Crippen LogP contribution >= 0.6 is 0 Å². The molecular weight excluding hydrogens is 326 g/mol. The molecule has 0 aromatic heterocycles. The SMILES string of the molecule is O=C(CCc1ccccc1)ON(C(=O)c1ccccc1)c1ccccc1. The molecule has 4 nitrogen and oxygen atoms in total. The van der Waals surface area contributed by atoms with Crippen LogP contribution in [0.4, 0.5) is 5.69 Å². The number of amides is 1. The molecule has 0 atom stereocenters. The van der Waals surface area contributed by atoms with Crippen LogP contribution in [0.15, 0.2) is 91.0 Å². The van der Waals surface area contributed by atoms with Crippen molar-refractivity contribution < 1.29 is 14.4 Å². The lowest BCUT2D eigenvalue weighted by Gasteiger charge is -2.21. The van der Waals surface area contributed by atoms with Crippen molar-refractivity contribution in [2.75, 3.05) is 5.06 Å². The highest BCUT2D eigenvalue weighted by Crippen LogP contribution is 2.18. The summed E-state index contributed by atoms with van der Waals surface area (Å²) < 4.78 is 0. The zero-order valence-electron chi connectivity index (χ0n) is 14.2. The molecule has 0 aliphatic rings. The summed E-state index contributed by atoms with van der Waals surface area (Å²) in [4.78, 5) is 30.5. The molecule has 0 aliphatic carbocycles. The molecular formula is C22H19NO3. The average Bonchev–Trinajstić information content (AvgIpc) is 2.72. The zero-order valence-corrected chi connectivity index (χ0v) is 14.2. The minimum Gasteiger partial charge on any atom is -0.333 e. The Morgan fingerprint density at radius 1 is 0.731 bits per heavy atom. The topological polar surface area (TPSA) is 46.6 Å². The molecule has 0 saturated heterocycles. The molecule has 0 N–H and O–H groups in total. The maximum Gasteiger partial charge on any atom is 0.333 e. The van der Waals surface area contributed by atoms with E-state index in [4.69, 9.17) is 4.84 Å². The van der Waals surface area contributed by atoms with Gasteiger partial charge in [0.15, 0.2) is 0 Å². The smallest absolute Gasteiger partial charge is 0.333 e. The molecule has 0 radical (unpaired) electrons. The molecule has 0 aliphatic heterocycles. The second-order valence-corrected chi connectivity index (χ2v) is 5.75. The minimum absolute atomic E-state index is 0.190. The number of carbonyl (C=O) groups excluding carboxylic acids is 2. The van der Waals surface area contributed by atoms with Crippen LogP contribution in [0, 0.1) is 0 Å². The molecule has 4 heteroatoms. The van der Waals surface area contributed by atoms with E-state index in [1.165, 1.54) is 0 Å². The third-order valence-corrected chi connectivity index (χ3v) is 3.85. The van der Waals surface area contributed by atoms with Gasteiger partial charge >= 0.3 is 5.97 Å². The second-order valence-electron chi connectivity index (χ2n) is 5.75. The Bertz CT molecular complexity index is 848. The van der Waals surface area contributed by atoms with Gasteiger partial charge in [0, 0.05) is 5.56 Å². The van der Waals surface area contributed by atoms with E-state index in [2.05, 4.69) is 0 Å². The number of aryl methyl sites for hydroxylation is 1. The van der Waals surface area contributed by atoms with Crippen molar-refractivity contribution in [1.82, 2.24) is 0 Å². The van der Waals surface area contributed by atoms with Crippen molar-refractivity contribution >= 4 is 17.6 Å². The quantitative estimate of drug-likeness (QED) is 0.643. The summed E-state index contributed by atoms with van der Waals surface area (Å²) in [6.45, 7) is 0. The van der Waals surface area contributed by atoms with Gasteiger partial charge in [-0.2, -0.15) is 0 Å². The van der Waals surface area contributed by atoms with E-state index in [9.17, 15) is 9.59 Å². The van der Waals surface area contributed by atoms with Crippen LogP contribution in [0.5, 0.6) is 0 Å². The first-order valence-corrected chi connectivity index (χ1v) is 8.43. The highest BCUT2D eigenvalue weighted by molar-refractivity contribution is 6.05. The van der Waals surface area contributed by atoms with Crippen LogP contribution in [0.3, 0.4) is 0 Å². The summed E-state index contributed by atoms with van der Waals surface area (Å²) in [6, 6.07) is 27.3. The van der Waals surface area contributed by atoms with Crippen molar-refractivity contribution in [3.8, 4) is 0 Å². The van der Waals surface area contributed by atoms with Gasteiger partial charge in [-0.25, -0.2) is 4.79 Å². The molecule has 0 bridgehead atoms. The second kappa shape index (κ2) is 8.62. The molecule has 26 heavy (non-hydrogen) atoms. The molecule has 0 saturated carbocycles. The van der Waals surface area contributed by atoms with Gasteiger partial charge in [0.2, 0.25) is 0 Å². The molecule has 3 aromatic rings. The van der Waals surface area contributed by atoms with E-state index in [1.807, 2.05) is 42.5 Å². The lowest BCUT2D eigenvalue weighted by molar-refractivity contribution is -0.144. The highest BCUT2D eigenvalue weighted by atomic mass is 16.7. The fourth-order valence-electron chi connectivity index (χ4n) is 2.51. The summed E-state index contributed by atoms with van der Waals surface area (Å²) >= 11 is 0. The van der Waals surface area contributed by atoms with Gasteiger partial charge in [0.05, 0.1) is 12.1 Å². The van der Waals surface area contributed by atoms with E-state index < -0.39 is 5.97 Å². The van der Waals surface area contributed by atoms with Gasteiger partial charge in [-0.15, -0.1) is 5.06 Å². The fourth-order valence-corrected chi connectivity index (χ4v) is 2.51. The summed E-state index contributed by atoms with van der Waals surface area (Å²) in [5.41, 5.74) is 2.01. The van der Waals surface area contributed by atoms with Gasteiger partial charge in [-0.3, -0.25) is 4.79 Å². The largest absolute Gasteiger partial charge is 0.333 e. The number of hydrogen-bond acceptors (Lipinski definition) is 3. The van der Waals surface area contributed by atoms with Crippen LogP contribution < -0.4 is 5.06 Å². The Morgan fingerprint density at radius 2 is 1.27 bits per heavy atom. The van der Waals surface area contributed by atoms with Crippen molar-refractivity contribution in [1.29, 1.82) is 0 Å². The summed E-state index contributed by atoms with van der Waals surface area (Å²) in [6.07, 6.45) is 0.747. The van der Waals surface area contributed by atoms with Crippen LogP contribution in [0.2, 0.25) is 0 Å².